The summed E-state index contributed by atoms with van der Waals surface area (Å²) in [7, 11) is 0. The van der Waals surface area contributed by atoms with Crippen LogP contribution in [0.1, 0.15) is 11.1 Å². The van der Waals surface area contributed by atoms with Crippen LogP contribution < -0.4 is 4.90 Å². The van der Waals surface area contributed by atoms with E-state index in [9.17, 15) is 0 Å². The Morgan fingerprint density at radius 3 is 1.57 bits per heavy atom. The van der Waals surface area contributed by atoms with Gasteiger partial charge in [-0.15, -0.1) is 0 Å². The summed E-state index contributed by atoms with van der Waals surface area (Å²) >= 11 is 1.87. The highest BCUT2D eigenvalue weighted by Crippen LogP contribution is 2.55. The van der Waals surface area contributed by atoms with E-state index in [4.69, 9.17) is 0 Å². The van der Waals surface area contributed by atoms with Gasteiger partial charge in [0.05, 0.1) is 17.1 Å². The Morgan fingerprint density at radius 1 is 0.367 bits per heavy atom. The zero-order chi connectivity index (χ0) is 32.3. The number of hydrogen-bond donors (Lipinski definition) is 0. The lowest BCUT2D eigenvalue weighted by Gasteiger charge is -2.34. The van der Waals surface area contributed by atoms with Gasteiger partial charge >= 0.3 is 0 Å². The number of hydrogen-bond acceptors (Lipinski definition) is 2. The second-order valence-electron chi connectivity index (χ2n) is 12.9. The highest BCUT2D eigenvalue weighted by atomic mass is 32.2. The summed E-state index contributed by atoms with van der Waals surface area (Å²) in [6.07, 6.45) is 0.968. The van der Waals surface area contributed by atoms with Gasteiger partial charge in [0.25, 0.3) is 0 Å². The molecule has 1 aliphatic heterocycles. The van der Waals surface area contributed by atoms with Gasteiger partial charge in [0.15, 0.2) is 0 Å². The molecule has 0 radical (unpaired) electrons. The molecule has 0 saturated carbocycles. The molecule has 0 fully saturated rings. The van der Waals surface area contributed by atoms with Gasteiger partial charge in [-0.1, -0.05) is 157 Å². The van der Waals surface area contributed by atoms with Gasteiger partial charge in [-0.2, -0.15) is 0 Å². The van der Waals surface area contributed by atoms with Crippen LogP contribution in [0.15, 0.2) is 186 Å². The molecule has 8 aromatic rings. The van der Waals surface area contributed by atoms with Crippen LogP contribution in [-0.4, -0.2) is 0 Å². The van der Waals surface area contributed by atoms with Gasteiger partial charge in [-0.25, -0.2) is 0 Å². The SMILES string of the molecule is c1ccc(-c2ccc3c(c2)Sc2cc(-c4ccccc4)ccc2N3c2ccc(-c3cccc4c3Cc3ccccc3-4)c3ccccc23)cc1. The predicted octanol–water partition coefficient (Wildman–Crippen LogP) is 13.3. The molecule has 0 atom stereocenters. The molecule has 8 aromatic carbocycles. The van der Waals surface area contributed by atoms with Crippen molar-refractivity contribution in [2.24, 2.45) is 0 Å². The van der Waals surface area contributed by atoms with E-state index in [1.165, 1.54) is 93.3 Å². The minimum atomic E-state index is 0.968. The Labute approximate surface area is 291 Å². The van der Waals surface area contributed by atoms with Gasteiger partial charge in [0, 0.05) is 15.2 Å². The molecule has 10 rings (SSSR count). The third-order valence-electron chi connectivity index (χ3n) is 10.1. The van der Waals surface area contributed by atoms with E-state index in [0.29, 0.717) is 0 Å². The van der Waals surface area contributed by atoms with E-state index in [1.54, 1.807) is 0 Å². The Kier molecular flexibility index (Phi) is 6.56. The molecule has 0 amide bonds. The van der Waals surface area contributed by atoms with Gasteiger partial charge < -0.3 is 4.90 Å². The minimum absolute atomic E-state index is 0.968. The molecule has 0 spiro atoms. The van der Waals surface area contributed by atoms with Crippen LogP contribution in [0.4, 0.5) is 17.1 Å². The molecule has 1 heterocycles. The van der Waals surface area contributed by atoms with Crippen molar-refractivity contribution in [2.75, 3.05) is 4.90 Å². The molecule has 0 bridgehead atoms. The first-order valence-corrected chi connectivity index (χ1v) is 17.7. The summed E-state index contributed by atoms with van der Waals surface area (Å²) in [5.41, 5.74) is 16.7. The first-order valence-electron chi connectivity index (χ1n) is 16.9. The number of anilines is 3. The van der Waals surface area contributed by atoms with Crippen LogP contribution in [0.3, 0.4) is 0 Å². The first-order chi connectivity index (χ1) is 24.3. The Hall–Kier alpha value is -5.83. The van der Waals surface area contributed by atoms with Crippen molar-refractivity contribution in [1.29, 1.82) is 0 Å². The third-order valence-corrected chi connectivity index (χ3v) is 11.2. The molecule has 1 nitrogen and oxygen atoms in total. The normalized spacial score (nSPS) is 12.7. The van der Waals surface area contributed by atoms with Gasteiger partial charge in [-0.05, 0) is 97.8 Å². The summed E-state index contributed by atoms with van der Waals surface area (Å²) in [5, 5.41) is 2.52. The average Bonchev–Trinajstić information content (AvgIpc) is 3.56. The second-order valence-corrected chi connectivity index (χ2v) is 14.0. The van der Waals surface area contributed by atoms with Gasteiger partial charge in [0.1, 0.15) is 0 Å². The monoisotopic (exact) mass is 641 g/mol. The molecule has 2 aliphatic rings. The molecule has 0 saturated heterocycles. The van der Waals surface area contributed by atoms with Gasteiger partial charge in [-0.3, -0.25) is 0 Å². The van der Waals surface area contributed by atoms with E-state index in [2.05, 4.69) is 181 Å². The van der Waals surface area contributed by atoms with Crippen LogP contribution in [0.2, 0.25) is 0 Å². The van der Waals surface area contributed by atoms with Gasteiger partial charge in [0.2, 0.25) is 0 Å². The average molecular weight is 642 g/mol. The number of rotatable bonds is 4. The molecule has 230 valence electrons. The molecule has 0 aromatic heterocycles. The van der Waals surface area contributed by atoms with E-state index in [1.807, 2.05) is 11.8 Å². The number of benzene rings is 8. The maximum Gasteiger partial charge on any atom is 0.0602 e. The minimum Gasteiger partial charge on any atom is -0.308 e. The fourth-order valence-corrected chi connectivity index (χ4v) is 8.95. The van der Waals surface area contributed by atoms with Crippen molar-refractivity contribution < 1.29 is 0 Å². The summed E-state index contributed by atoms with van der Waals surface area (Å²) in [6.45, 7) is 0. The zero-order valence-electron chi connectivity index (χ0n) is 26.8. The summed E-state index contributed by atoms with van der Waals surface area (Å²) in [4.78, 5) is 5.00. The first kappa shape index (κ1) is 28.2. The summed E-state index contributed by atoms with van der Waals surface area (Å²) in [5.74, 6) is 0. The lowest BCUT2D eigenvalue weighted by atomic mass is 9.91. The fraction of sp³-hybridized carbons (Fsp3) is 0.0213. The largest absolute Gasteiger partial charge is 0.308 e. The van der Waals surface area contributed by atoms with E-state index >= 15 is 0 Å². The third kappa shape index (κ3) is 4.63. The summed E-state index contributed by atoms with van der Waals surface area (Å²) in [6, 6.07) is 64.6. The molecule has 0 N–H and O–H groups in total. The highest BCUT2D eigenvalue weighted by molar-refractivity contribution is 7.99. The molecule has 1 aliphatic carbocycles. The Morgan fingerprint density at radius 2 is 0.898 bits per heavy atom. The van der Waals surface area contributed by atoms with E-state index < -0.39 is 0 Å². The van der Waals surface area contributed by atoms with Crippen LogP contribution in [0.5, 0.6) is 0 Å². The topological polar surface area (TPSA) is 3.24 Å². The van der Waals surface area contributed by atoms with E-state index in [0.717, 1.165) is 6.42 Å². The Balaban J connectivity index is 1.17. The van der Waals surface area contributed by atoms with Crippen LogP contribution in [0.25, 0.3) is 55.3 Å². The fourth-order valence-electron chi connectivity index (χ4n) is 7.81. The van der Waals surface area contributed by atoms with Crippen LogP contribution in [-0.2, 0) is 6.42 Å². The predicted molar refractivity (Wildman–Crippen MR) is 207 cm³/mol. The van der Waals surface area contributed by atoms with Crippen molar-refractivity contribution in [3.8, 4) is 44.5 Å². The summed E-state index contributed by atoms with van der Waals surface area (Å²) < 4.78 is 0. The maximum absolute atomic E-state index is 2.49. The standard InChI is InChI=1S/C47H31NS/c1-3-12-31(13-4-1)33-22-25-44-46(29-33)49-47-30-34(32-14-5-2-6-15-32)23-26-45(47)48(44)43-27-24-40(38-18-9-10-19-41(38)43)39-21-11-20-37-36-17-8-7-16-35(36)28-42(37)39/h1-27,29-30H,28H2. The smallest absolute Gasteiger partial charge is 0.0602 e. The van der Waals surface area contributed by atoms with Crippen LogP contribution in [0, 0.1) is 0 Å². The van der Waals surface area contributed by atoms with Crippen molar-refractivity contribution in [2.45, 2.75) is 16.2 Å². The Bertz CT molecular complexity index is 2460. The maximum atomic E-state index is 2.49. The highest BCUT2D eigenvalue weighted by Gasteiger charge is 2.28. The number of nitrogens with zero attached hydrogens (tertiary/aromatic N) is 1. The van der Waals surface area contributed by atoms with Crippen molar-refractivity contribution in [3.63, 3.8) is 0 Å². The molecule has 2 heteroatoms. The zero-order valence-corrected chi connectivity index (χ0v) is 27.6. The lowest BCUT2D eigenvalue weighted by Crippen LogP contribution is -2.15. The van der Waals surface area contributed by atoms with Crippen molar-refractivity contribution >= 4 is 39.6 Å². The quantitative estimate of drug-likeness (QED) is 0.188. The molecular weight excluding hydrogens is 611 g/mol. The van der Waals surface area contributed by atoms with Crippen molar-refractivity contribution in [1.82, 2.24) is 0 Å². The molecular formula is C47H31NS. The lowest BCUT2D eigenvalue weighted by molar-refractivity contribution is 1.17. The second kappa shape index (κ2) is 11.4. The molecule has 49 heavy (non-hydrogen) atoms. The number of fused-ring (bicyclic) bond motifs is 6. The molecule has 0 unspecified atom stereocenters. The van der Waals surface area contributed by atoms with Crippen molar-refractivity contribution in [3.05, 3.63) is 187 Å². The van der Waals surface area contributed by atoms with Crippen LogP contribution >= 0.6 is 11.8 Å². The van der Waals surface area contributed by atoms with E-state index in [-0.39, 0.29) is 0 Å².